The lowest BCUT2D eigenvalue weighted by atomic mass is 10.1. The van der Waals surface area contributed by atoms with Crippen LogP contribution in [0.1, 0.15) is 82.8 Å². The number of benzene rings is 1. The van der Waals surface area contributed by atoms with E-state index in [9.17, 15) is 0 Å². The van der Waals surface area contributed by atoms with Crippen LogP contribution in [0.15, 0.2) is 49.1 Å². The van der Waals surface area contributed by atoms with Gasteiger partial charge in [0.05, 0.1) is 5.56 Å². The third-order valence-corrected chi connectivity index (χ3v) is 5.72. The molecular weight excluding hydrogens is 380 g/mol. The summed E-state index contributed by atoms with van der Waals surface area (Å²) >= 11 is 0. The first kappa shape index (κ1) is 23.1. The van der Waals surface area contributed by atoms with Crippen molar-refractivity contribution < 1.29 is 0 Å². The van der Waals surface area contributed by atoms with Gasteiger partial charge in [0.1, 0.15) is 0 Å². The maximum Gasteiger partial charge on any atom is 0.162 e. The normalized spacial score (nSPS) is 11.0. The van der Waals surface area contributed by atoms with Gasteiger partial charge in [0, 0.05) is 30.4 Å². The first-order chi connectivity index (χ1) is 15.3. The maximum absolute atomic E-state index is 4.55. The summed E-state index contributed by atoms with van der Waals surface area (Å²) < 4.78 is 0. The molecule has 0 saturated heterocycles. The molecule has 2 heterocycles. The minimum absolute atomic E-state index is 0.685. The molecule has 0 unspecified atom stereocenters. The van der Waals surface area contributed by atoms with Gasteiger partial charge >= 0.3 is 0 Å². The highest BCUT2D eigenvalue weighted by Gasteiger charge is 2.06. The quantitative estimate of drug-likeness (QED) is 0.276. The molecule has 0 N–H and O–H groups in total. The van der Waals surface area contributed by atoms with Gasteiger partial charge in [-0.05, 0) is 36.8 Å². The van der Waals surface area contributed by atoms with E-state index in [4.69, 9.17) is 0 Å². The summed E-state index contributed by atoms with van der Waals surface area (Å²) in [6.45, 7) is 4.49. The average Bonchev–Trinajstić information content (AvgIpc) is 2.82. The predicted octanol–water partition coefficient (Wildman–Crippen LogP) is 7.24. The SMILES string of the molecule is CCCCCCCCc1cnc(-c2cnc(-c3ccc(CCCCC)cc3)nc2)nc1. The van der Waals surface area contributed by atoms with E-state index in [2.05, 4.69) is 58.0 Å². The van der Waals surface area contributed by atoms with Crippen LogP contribution in [0.3, 0.4) is 0 Å². The standard InChI is InChI=1S/C27H36N4/c1-3-5-7-8-9-11-13-23-18-28-27(29-19-23)25-20-30-26(31-21-25)24-16-14-22(15-17-24)12-10-6-4-2/h14-21H,3-13H2,1-2H3. The number of hydrogen-bond donors (Lipinski definition) is 0. The van der Waals surface area contributed by atoms with E-state index in [0.29, 0.717) is 5.82 Å². The van der Waals surface area contributed by atoms with E-state index in [1.54, 1.807) is 0 Å². The van der Waals surface area contributed by atoms with Crippen LogP contribution >= 0.6 is 0 Å². The van der Waals surface area contributed by atoms with Gasteiger partial charge in [-0.25, -0.2) is 19.9 Å². The van der Waals surface area contributed by atoms with Crippen molar-refractivity contribution in [3.8, 4) is 22.8 Å². The summed E-state index contributed by atoms with van der Waals surface area (Å²) in [6, 6.07) is 8.61. The fourth-order valence-electron chi connectivity index (χ4n) is 3.73. The van der Waals surface area contributed by atoms with Crippen LogP contribution in [-0.2, 0) is 12.8 Å². The van der Waals surface area contributed by atoms with E-state index in [1.807, 2.05) is 24.8 Å². The van der Waals surface area contributed by atoms with Crippen LogP contribution in [0.5, 0.6) is 0 Å². The van der Waals surface area contributed by atoms with Crippen LogP contribution in [-0.4, -0.2) is 19.9 Å². The van der Waals surface area contributed by atoms with Crippen molar-refractivity contribution in [2.24, 2.45) is 0 Å². The molecule has 2 aromatic heterocycles. The zero-order valence-electron chi connectivity index (χ0n) is 19.2. The number of nitrogens with zero attached hydrogens (tertiary/aromatic N) is 4. The van der Waals surface area contributed by atoms with E-state index >= 15 is 0 Å². The van der Waals surface area contributed by atoms with Crippen molar-refractivity contribution in [1.82, 2.24) is 19.9 Å². The fraction of sp³-hybridized carbons (Fsp3) is 0.481. The maximum atomic E-state index is 4.55. The molecule has 0 aliphatic rings. The molecule has 0 amide bonds. The Kier molecular flexibility index (Phi) is 9.62. The molecule has 0 radical (unpaired) electrons. The molecule has 0 saturated carbocycles. The van der Waals surface area contributed by atoms with Crippen LogP contribution in [0, 0.1) is 0 Å². The molecule has 4 nitrogen and oxygen atoms in total. The van der Waals surface area contributed by atoms with Gasteiger partial charge in [-0.3, -0.25) is 0 Å². The van der Waals surface area contributed by atoms with Crippen molar-refractivity contribution in [1.29, 1.82) is 0 Å². The Morgan fingerprint density at radius 3 is 1.65 bits per heavy atom. The molecule has 0 atom stereocenters. The van der Waals surface area contributed by atoms with Gasteiger partial charge in [0.15, 0.2) is 11.6 Å². The molecule has 4 heteroatoms. The van der Waals surface area contributed by atoms with Crippen LogP contribution in [0.4, 0.5) is 0 Å². The zero-order valence-corrected chi connectivity index (χ0v) is 19.2. The van der Waals surface area contributed by atoms with Crippen molar-refractivity contribution in [3.63, 3.8) is 0 Å². The molecule has 0 fully saturated rings. The van der Waals surface area contributed by atoms with Gasteiger partial charge in [0.25, 0.3) is 0 Å². The van der Waals surface area contributed by atoms with Gasteiger partial charge in [-0.15, -0.1) is 0 Å². The molecule has 3 aromatic rings. The number of aromatic nitrogens is 4. The largest absolute Gasteiger partial charge is 0.236 e. The average molecular weight is 417 g/mol. The molecule has 31 heavy (non-hydrogen) atoms. The van der Waals surface area contributed by atoms with Crippen molar-refractivity contribution in [3.05, 3.63) is 60.2 Å². The molecule has 3 rings (SSSR count). The molecule has 1 aromatic carbocycles. The van der Waals surface area contributed by atoms with Gasteiger partial charge in [-0.2, -0.15) is 0 Å². The van der Waals surface area contributed by atoms with Gasteiger partial charge in [0.2, 0.25) is 0 Å². The second-order valence-electron chi connectivity index (χ2n) is 8.38. The number of aryl methyl sites for hydroxylation is 2. The molecule has 164 valence electrons. The minimum atomic E-state index is 0.685. The molecule has 0 bridgehead atoms. The zero-order chi connectivity index (χ0) is 21.7. The predicted molar refractivity (Wildman–Crippen MR) is 129 cm³/mol. The van der Waals surface area contributed by atoms with Crippen LogP contribution in [0.2, 0.25) is 0 Å². The Balaban J connectivity index is 1.52. The highest BCUT2D eigenvalue weighted by Crippen LogP contribution is 2.19. The second kappa shape index (κ2) is 12.9. The molecule has 0 spiro atoms. The summed E-state index contributed by atoms with van der Waals surface area (Å²) in [5.41, 5.74) is 4.48. The topological polar surface area (TPSA) is 51.6 Å². The third kappa shape index (κ3) is 7.54. The van der Waals surface area contributed by atoms with E-state index in [0.717, 1.165) is 29.8 Å². The smallest absolute Gasteiger partial charge is 0.162 e. The Hall–Kier alpha value is -2.62. The lowest BCUT2D eigenvalue weighted by Gasteiger charge is -2.05. The number of unbranched alkanes of at least 4 members (excludes halogenated alkanes) is 7. The lowest BCUT2D eigenvalue weighted by Crippen LogP contribution is -1.96. The minimum Gasteiger partial charge on any atom is -0.236 e. The van der Waals surface area contributed by atoms with Crippen LogP contribution < -0.4 is 0 Å². The first-order valence-corrected chi connectivity index (χ1v) is 12.0. The summed E-state index contributed by atoms with van der Waals surface area (Å²) in [7, 11) is 0. The first-order valence-electron chi connectivity index (χ1n) is 12.0. The number of hydrogen-bond acceptors (Lipinski definition) is 4. The molecule has 0 aliphatic heterocycles. The summed E-state index contributed by atoms with van der Waals surface area (Å²) in [4.78, 5) is 18.2. The highest BCUT2D eigenvalue weighted by atomic mass is 14.9. The Morgan fingerprint density at radius 2 is 0.968 bits per heavy atom. The van der Waals surface area contributed by atoms with Crippen molar-refractivity contribution >= 4 is 0 Å². The summed E-state index contributed by atoms with van der Waals surface area (Å²) in [5.74, 6) is 1.42. The Labute approximate surface area is 187 Å². The van der Waals surface area contributed by atoms with Gasteiger partial charge in [-0.1, -0.05) is 83.1 Å². The summed E-state index contributed by atoms with van der Waals surface area (Å²) in [6.07, 6.45) is 21.3. The summed E-state index contributed by atoms with van der Waals surface area (Å²) in [5, 5.41) is 0. The molecule has 0 aliphatic carbocycles. The Bertz CT molecular complexity index is 871. The van der Waals surface area contributed by atoms with E-state index < -0.39 is 0 Å². The van der Waals surface area contributed by atoms with E-state index in [1.165, 1.54) is 68.9 Å². The van der Waals surface area contributed by atoms with Crippen molar-refractivity contribution in [2.75, 3.05) is 0 Å². The van der Waals surface area contributed by atoms with Crippen LogP contribution in [0.25, 0.3) is 22.8 Å². The van der Waals surface area contributed by atoms with Crippen molar-refractivity contribution in [2.45, 2.75) is 84.5 Å². The van der Waals surface area contributed by atoms with Gasteiger partial charge < -0.3 is 0 Å². The second-order valence-corrected chi connectivity index (χ2v) is 8.38. The monoisotopic (exact) mass is 416 g/mol. The highest BCUT2D eigenvalue weighted by molar-refractivity contribution is 5.58. The third-order valence-electron chi connectivity index (χ3n) is 5.72. The fourth-order valence-corrected chi connectivity index (χ4v) is 3.73. The van der Waals surface area contributed by atoms with E-state index in [-0.39, 0.29) is 0 Å². The lowest BCUT2D eigenvalue weighted by molar-refractivity contribution is 0.607. The number of rotatable bonds is 13. The Morgan fingerprint density at radius 1 is 0.484 bits per heavy atom. The molecular formula is C27H36N4.